The lowest BCUT2D eigenvalue weighted by atomic mass is 10.1. The van der Waals surface area contributed by atoms with E-state index >= 15 is 0 Å². The molecule has 1 aromatic heterocycles. The van der Waals surface area contributed by atoms with Crippen molar-refractivity contribution in [2.75, 3.05) is 0 Å². The number of carbonyl (C=O) groups is 1. The number of hydrogen-bond donors (Lipinski definition) is 0. The van der Waals surface area contributed by atoms with Crippen molar-refractivity contribution in [2.45, 2.75) is 12.7 Å². The third-order valence-electron chi connectivity index (χ3n) is 3.09. The van der Waals surface area contributed by atoms with Crippen molar-refractivity contribution >= 4 is 17.4 Å². The lowest BCUT2D eigenvalue weighted by Crippen LogP contribution is -2.20. The number of rotatable bonds is 2. The number of pyridine rings is 1. The molecule has 96 valence electrons. The predicted molar refractivity (Wildman–Crippen MR) is 70.0 cm³/mol. The lowest BCUT2D eigenvalue weighted by Gasteiger charge is -2.25. The van der Waals surface area contributed by atoms with Gasteiger partial charge in [0.05, 0.1) is 5.70 Å². The maximum Gasteiger partial charge on any atom is 0.196 e. The van der Waals surface area contributed by atoms with E-state index in [1.807, 2.05) is 17.2 Å². The van der Waals surface area contributed by atoms with Crippen LogP contribution in [0.15, 0.2) is 54.0 Å². The number of aromatic nitrogens is 1. The van der Waals surface area contributed by atoms with E-state index in [9.17, 15) is 9.18 Å². The first-order valence-corrected chi connectivity index (χ1v) is 6.18. The van der Waals surface area contributed by atoms with Crippen LogP contribution in [0.4, 0.5) is 4.39 Å². The third-order valence-corrected chi connectivity index (χ3v) is 3.31. The molecule has 1 atom stereocenters. The molecule has 2 aliphatic rings. The summed E-state index contributed by atoms with van der Waals surface area (Å²) >= 11 is 5.73. The molecule has 3 nitrogen and oxygen atoms in total. The number of ketones is 1. The van der Waals surface area contributed by atoms with E-state index in [4.69, 9.17) is 11.6 Å². The monoisotopic (exact) mass is 276 g/mol. The number of nitrogens with zero attached hydrogens (tertiary/aromatic N) is 2. The van der Waals surface area contributed by atoms with E-state index in [0.717, 1.165) is 5.56 Å². The van der Waals surface area contributed by atoms with Crippen LogP contribution in [0.5, 0.6) is 0 Å². The lowest BCUT2D eigenvalue weighted by molar-refractivity contribution is -0.117. The Balaban J connectivity index is 1.85. The summed E-state index contributed by atoms with van der Waals surface area (Å²) in [5.74, 6) is -0.496. The van der Waals surface area contributed by atoms with Gasteiger partial charge in [-0.15, -0.1) is 0 Å². The second-order valence-electron chi connectivity index (χ2n) is 4.38. The van der Waals surface area contributed by atoms with Crippen molar-refractivity contribution in [3.05, 3.63) is 64.7 Å². The Morgan fingerprint density at radius 2 is 2.26 bits per heavy atom. The average molecular weight is 277 g/mol. The van der Waals surface area contributed by atoms with Gasteiger partial charge in [-0.3, -0.25) is 4.79 Å². The van der Waals surface area contributed by atoms with Crippen LogP contribution in [0.25, 0.3) is 0 Å². The normalized spacial score (nSPS) is 21.3. The topological polar surface area (TPSA) is 33.2 Å². The first kappa shape index (κ1) is 12.1. The highest BCUT2D eigenvalue weighted by molar-refractivity contribution is 6.29. The summed E-state index contributed by atoms with van der Waals surface area (Å²) in [7, 11) is 0. The Hall–Kier alpha value is -1.94. The van der Waals surface area contributed by atoms with Gasteiger partial charge in [0.2, 0.25) is 0 Å². The fourth-order valence-corrected chi connectivity index (χ4v) is 2.27. The van der Waals surface area contributed by atoms with E-state index in [1.165, 1.54) is 6.08 Å². The number of allylic oxidation sites excluding steroid dienone is 4. The third kappa shape index (κ3) is 2.19. The number of hydrogen-bond acceptors (Lipinski definition) is 3. The molecule has 5 heteroatoms. The highest BCUT2D eigenvalue weighted by atomic mass is 35.5. The van der Waals surface area contributed by atoms with E-state index in [-0.39, 0.29) is 0 Å². The highest BCUT2D eigenvalue weighted by Gasteiger charge is 2.33. The van der Waals surface area contributed by atoms with E-state index < -0.39 is 12.0 Å². The van der Waals surface area contributed by atoms with Crippen LogP contribution in [-0.4, -0.2) is 21.8 Å². The SMILES string of the molecule is O=C1C=C2C(=CC=CN2Cc2ccc(Cl)nc2)C1F. The zero-order valence-electron chi connectivity index (χ0n) is 9.88. The Kier molecular flexibility index (Phi) is 2.95. The zero-order chi connectivity index (χ0) is 13.4. The fourth-order valence-electron chi connectivity index (χ4n) is 2.16. The summed E-state index contributed by atoms with van der Waals surface area (Å²) in [4.78, 5) is 17.2. The number of carbonyl (C=O) groups excluding carboxylic acids is 1. The first-order valence-electron chi connectivity index (χ1n) is 5.80. The first-order chi connectivity index (χ1) is 9.15. The highest BCUT2D eigenvalue weighted by Crippen LogP contribution is 2.32. The standard InChI is InChI=1S/C14H10ClFN2O/c15-13-4-3-9(7-17-13)8-18-5-1-2-10-11(18)6-12(19)14(10)16/h1-7,14H,8H2. The van der Waals surface area contributed by atoms with Crippen LogP contribution in [-0.2, 0) is 11.3 Å². The molecule has 0 saturated carbocycles. The molecule has 19 heavy (non-hydrogen) atoms. The molecule has 1 aromatic rings. The molecule has 0 spiro atoms. The second kappa shape index (κ2) is 4.63. The van der Waals surface area contributed by atoms with E-state index in [0.29, 0.717) is 23.0 Å². The fraction of sp³-hybridized carbons (Fsp3) is 0.143. The van der Waals surface area contributed by atoms with Gasteiger partial charge in [-0.2, -0.15) is 0 Å². The van der Waals surface area contributed by atoms with Gasteiger partial charge in [0, 0.05) is 30.6 Å². The van der Waals surface area contributed by atoms with E-state index in [2.05, 4.69) is 4.98 Å². The molecule has 0 aromatic carbocycles. The van der Waals surface area contributed by atoms with Gasteiger partial charge in [0.25, 0.3) is 0 Å². The predicted octanol–water partition coefficient (Wildman–Crippen LogP) is 2.80. The van der Waals surface area contributed by atoms with Crippen molar-refractivity contribution in [2.24, 2.45) is 0 Å². The molecule has 0 fully saturated rings. The number of fused-ring (bicyclic) bond motifs is 1. The van der Waals surface area contributed by atoms with Gasteiger partial charge in [0.15, 0.2) is 12.0 Å². The van der Waals surface area contributed by atoms with Gasteiger partial charge in [0.1, 0.15) is 5.15 Å². The summed E-state index contributed by atoms with van der Waals surface area (Å²) < 4.78 is 13.7. The number of alkyl halides is 1. The summed E-state index contributed by atoms with van der Waals surface area (Å²) in [6.07, 6.45) is 6.67. The van der Waals surface area contributed by atoms with Crippen LogP contribution in [0.1, 0.15) is 5.56 Å². The maximum atomic E-state index is 13.7. The van der Waals surface area contributed by atoms with Crippen molar-refractivity contribution in [1.82, 2.24) is 9.88 Å². The summed E-state index contributed by atoms with van der Waals surface area (Å²) in [5.41, 5.74) is 1.98. The molecule has 2 heterocycles. The molecular weight excluding hydrogens is 267 g/mol. The van der Waals surface area contributed by atoms with Crippen molar-refractivity contribution in [3.63, 3.8) is 0 Å². The van der Waals surface area contributed by atoms with Gasteiger partial charge >= 0.3 is 0 Å². The zero-order valence-corrected chi connectivity index (χ0v) is 10.6. The molecule has 0 radical (unpaired) electrons. The van der Waals surface area contributed by atoms with Crippen LogP contribution in [0, 0.1) is 0 Å². The Labute approximate surface area is 114 Å². The molecule has 0 bridgehead atoms. The van der Waals surface area contributed by atoms with Crippen molar-refractivity contribution in [3.8, 4) is 0 Å². The molecule has 0 amide bonds. The molecule has 0 saturated heterocycles. The molecule has 1 aliphatic heterocycles. The summed E-state index contributed by atoms with van der Waals surface area (Å²) in [5, 5.41) is 0.428. The smallest absolute Gasteiger partial charge is 0.196 e. The second-order valence-corrected chi connectivity index (χ2v) is 4.76. The summed E-state index contributed by atoms with van der Waals surface area (Å²) in [6.45, 7) is 0.518. The Morgan fingerprint density at radius 3 is 3.00 bits per heavy atom. The minimum Gasteiger partial charge on any atom is -0.343 e. The van der Waals surface area contributed by atoms with Gasteiger partial charge < -0.3 is 4.90 Å². The minimum absolute atomic E-state index is 0.425. The Bertz CT molecular complexity index is 619. The van der Waals surface area contributed by atoms with Crippen LogP contribution < -0.4 is 0 Å². The van der Waals surface area contributed by atoms with Gasteiger partial charge in [-0.05, 0) is 17.7 Å². The van der Waals surface area contributed by atoms with Crippen LogP contribution in [0.2, 0.25) is 5.15 Å². The summed E-state index contributed by atoms with van der Waals surface area (Å²) in [6, 6.07) is 3.55. The number of halogens is 2. The quantitative estimate of drug-likeness (QED) is 0.779. The largest absolute Gasteiger partial charge is 0.343 e. The van der Waals surface area contributed by atoms with Crippen LogP contribution >= 0.6 is 11.6 Å². The molecular formula is C14H10ClFN2O. The van der Waals surface area contributed by atoms with Gasteiger partial charge in [-0.25, -0.2) is 9.37 Å². The van der Waals surface area contributed by atoms with E-state index in [1.54, 1.807) is 24.4 Å². The van der Waals surface area contributed by atoms with Gasteiger partial charge in [-0.1, -0.05) is 23.7 Å². The van der Waals surface area contributed by atoms with Crippen molar-refractivity contribution < 1.29 is 9.18 Å². The molecule has 1 unspecified atom stereocenters. The van der Waals surface area contributed by atoms with Crippen molar-refractivity contribution in [1.29, 1.82) is 0 Å². The maximum absolute atomic E-state index is 13.7. The molecule has 0 N–H and O–H groups in total. The molecule has 1 aliphatic carbocycles. The minimum atomic E-state index is -1.54. The van der Waals surface area contributed by atoms with Crippen LogP contribution in [0.3, 0.4) is 0 Å². The molecule has 3 rings (SSSR count). The average Bonchev–Trinajstić information content (AvgIpc) is 2.70. The Morgan fingerprint density at radius 1 is 1.42 bits per heavy atom.